The van der Waals surface area contributed by atoms with Gasteiger partial charge in [-0.05, 0) is 18.1 Å². The van der Waals surface area contributed by atoms with E-state index in [2.05, 4.69) is 20.7 Å². The van der Waals surface area contributed by atoms with Crippen molar-refractivity contribution in [3.8, 4) is 0 Å². The van der Waals surface area contributed by atoms with E-state index in [1.54, 1.807) is 0 Å². The summed E-state index contributed by atoms with van der Waals surface area (Å²) < 4.78 is 0. The highest BCUT2D eigenvalue weighted by Crippen LogP contribution is 2.06. The first-order valence-electron chi connectivity index (χ1n) is 5.82. The monoisotopic (exact) mass is 257 g/mol. The Kier molecular flexibility index (Phi) is 4.04. The standard InChI is InChI=1S/C13H15N5O/c1-9-4-2-3-5-10(9)6-17-13(19)11-7-16-12(18-14)8-15-11/h2-5,7-8H,6,14H2,1H3,(H,16,18)(H,17,19). The molecule has 0 atom stereocenters. The van der Waals surface area contributed by atoms with Crippen molar-refractivity contribution >= 4 is 11.7 Å². The first kappa shape index (κ1) is 13.0. The van der Waals surface area contributed by atoms with Crippen LogP contribution in [0, 0.1) is 6.92 Å². The van der Waals surface area contributed by atoms with E-state index in [1.165, 1.54) is 12.4 Å². The summed E-state index contributed by atoms with van der Waals surface area (Å²) in [5.74, 6) is 5.32. The Morgan fingerprint density at radius 2 is 2.05 bits per heavy atom. The topological polar surface area (TPSA) is 92.9 Å². The number of hydrogen-bond acceptors (Lipinski definition) is 5. The minimum absolute atomic E-state index is 0.257. The number of aryl methyl sites for hydroxylation is 1. The van der Waals surface area contributed by atoms with Crippen molar-refractivity contribution in [3.63, 3.8) is 0 Å². The smallest absolute Gasteiger partial charge is 0.271 e. The third-order valence-corrected chi connectivity index (χ3v) is 2.73. The summed E-state index contributed by atoms with van der Waals surface area (Å²) in [7, 11) is 0. The normalized spacial score (nSPS) is 10.0. The first-order chi connectivity index (χ1) is 9.20. The van der Waals surface area contributed by atoms with Gasteiger partial charge in [0, 0.05) is 6.54 Å². The third-order valence-electron chi connectivity index (χ3n) is 2.73. The zero-order valence-electron chi connectivity index (χ0n) is 10.6. The van der Waals surface area contributed by atoms with E-state index in [4.69, 9.17) is 5.84 Å². The van der Waals surface area contributed by atoms with Crippen LogP contribution < -0.4 is 16.6 Å². The fraction of sp³-hybridized carbons (Fsp3) is 0.154. The van der Waals surface area contributed by atoms with Gasteiger partial charge in [-0.25, -0.2) is 15.8 Å². The van der Waals surface area contributed by atoms with Crippen LogP contribution in [0.4, 0.5) is 5.82 Å². The highest BCUT2D eigenvalue weighted by atomic mass is 16.1. The van der Waals surface area contributed by atoms with Crippen LogP contribution in [0.2, 0.25) is 0 Å². The Hall–Kier alpha value is -2.47. The zero-order chi connectivity index (χ0) is 13.7. The molecule has 0 aliphatic carbocycles. The Morgan fingerprint density at radius 3 is 2.68 bits per heavy atom. The number of hydrogen-bond donors (Lipinski definition) is 3. The van der Waals surface area contributed by atoms with Crippen LogP contribution >= 0.6 is 0 Å². The Bertz CT molecular complexity index is 568. The van der Waals surface area contributed by atoms with Crippen LogP contribution in [0.25, 0.3) is 0 Å². The number of nitrogens with one attached hydrogen (secondary N) is 2. The maximum absolute atomic E-state index is 11.9. The van der Waals surface area contributed by atoms with Crippen LogP contribution in [-0.2, 0) is 6.54 Å². The van der Waals surface area contributed by atoms with Crippen molar-refractivity contribution in [3.05, 3.63) is 53.5 Å². The summed E-state index contributed by atoms with van der Waals surface area (Å²) in [5.41, 5.74) is 4.82. The van der Waals surface area contributed by atoms with Crippen molar-refractivity contribution in [2.75, 3.05) is 5.43 Å². The van der Waals surface area contributed by atoms with Crippen molar-refractivity contribution < 1.29 is 4.79 Å². The van der Waals surface area contributed by atoms with Gasteiger partial charge in [-0.3, -0.25) is 4.79 Å². The molecule has 1 amide bonds. The van der Waals surface area contributed by atoms with E-state index in [0.717, 1.165) is 11.1 Å². The molecule has 0 saturated carbocycles. The maximum atomic E-state index is 11.9. The van der Waals surface area contributed by atoms with Crippen LogP contribution in [0.15, 0.2) is 36.7 Å². The van der Waals surface area contributed by atoms with Gasteiger partial charge in [0.2, 0.25) is 0 Å². The molecule has 0 unspecified atom stereocenters. The Morgan fingerprint density at radius 1 is 1.26 bits per heavy atom. The van der Waals surface area contributed by atoms with Crippen LogP contribution in [-0.4, -0.2) is 15.9 Å². The molecular weight excluding hydrogens is 242 g/mol. The van der Waals surface area contributed by atoms with E-state index >= 15 is 0 Å². The molecule has 0 radical (unpaired) electrons. The highest BCUT2D eigenvalue weighted by Gasteiger charge is 2.08. The number of nitrogens with zero attached hydrogens (tertiary/aromatic N) is 2. The van der Waals surface area contributed by atoms with Gasteiger partial charge in [-0.1, -0.05) is 24.3 Å². The van der Waals surface area contributed by atoms with Gasteiger partial charge in [0.25, 0.3) is 5.91 Å². The van der Waals surface area contributed by atoms with E-state index in [0.29, 0.717) is 12.4 Å². The average molecular weight is 257 g/mol. The molecule has 98 valence electrons. The summed E-state index contributed by atoms with van der Waals surface area (Å²) in [5, 5.41) is 2.80. The lowest BCUT2D eigenvalue weighted by Gasteiger charge is -2.07. The second-order valence-corrected chi connectivity index (χ2v) is 4.04. The molecule has 0 spiro atoms. The number of aromatic nitrogens is 2. The van der Waals surface area contributed by atoms with Crippen LogP contribution in [0.3, 0.4) is 0 Å². The molecule has 4 N–H and O–H groups in total. The molecule has 0 saturated heterocycles. The minimum atomic E-state index is -0.265. The predicted molar refractivity (Wildman–Crippen MR) is 72.2 cm³/mol. The summed E-state index contributed by atoms with van der Waals surface area (Å²) in [6.07, 6.45) is 2.78. The van der Waals surface area contributed by atoms with Gasteiger partial charge in [-0.2, -0.15) is 0 Å². The van der Waals surface area contributed by atoms with Crippen molar-refractivity contribution in [2.24, 2.45) is 5.84 Å². The molecule has 0 bridgehead atoms. The van der Waals surface area contributed by atoms with Crippen LogP contribution in [0.1, 0.15) is 21.6 Å². The fourth-order valence-electron chi connectivity index (χ4n) is 1.59. The third kappa shape index (κ3) is 3.26. The van der Waals surface area contributed by atoms with Gasteiger partial charge < -0.3 is 10.7 Å². The molecule has 1 aromatic heterocycles. The van der Waals surface area contributed by atoms with Gasteiger partial charge in [-0.15, -0.1) is 0 Å². The number of hydrazine groups is 1. The Balaban J connectivity index is 1.99. The molecule has 2 rings (SSSR count). The van der Waals surface area contributed by atoms with E-state index in [1.807, 2.05) is 31.2 Å². The second kappa shape index (κ2) is 5.92. The highest BCUT2D eigenvalue weighted by molar-refractivity contribution is 5.91. The molecule has 6 heteroatoms. The quantitative estimate of drug-likeness (QED) is 0.561. The lowest BCUT2D eigenvalue weighted by atomic mass is 10.1. The molecule has 1 aromatic carbocycles. The van der Waals surface area contributed by atoms with Crippen molar-refractivity contribution in [1.29, 1.82) is 0 Å². The number of nitrogen functional groups attached to an aromatic ring is 1. The zero-order valence-corrected chi connectivity index (χ0v) is 10.6. The number of rotatable bonds is 4. The second-order valence-electron chi connectivity index (χ2n) is 4.04. The van der Waals surface area contributed by atoms with E-state index < -0.39 is 0 Å². The predicted octanol–water partition coefficient (Wildman–Crippen LogP) is 1.00. The maximum Gasteiger partial charge on any atom is 0.271 e. The number of amides is 1. The molecule has 0 aliphatic heterocycles. The lowest BCUT2D eigenvalue weighted by molar-refractivity contribution is 0.0945. The molecule has 19 heavy (non-hydrogen) atoms. The molecular formula is C13H15N5O. The molecule has 0 aliphatic rings. The van der Waals surface area contributed by atoms with Crippen LogP contribution in [0.5, 0.6) is 0 Å². The molecule has 1 heterocycles. The van der Waals surface area contributed by atoms with Gasteiger partial charge in [0.05, 0.1) is 12.4 Å². The van der Waals surface area contributed by atoms with Crippen molar-refractivity contribution in [1.82, 2.24) is 15.3 Å². The average Bonchev–Trinajstić information content (AvgIpc) is 2.46. The van der Waals surface area contributed by atoms with Crippen molar-refractivity contribution in [2.45, 2.75) is 13.5 Å². The lowest BCUT2D eigenvalue weighted by Crippen LogP contribution is -2.24. The number of anilines is 1. The number of benzene rings is 1. The van der Waals surface area contributed by atoms with E-state index in [9.17, 15) is 4.79 Å². The number of carbonyl (C=O) groups excluding carboxylic acids is 1. The number of carbonyl (C=O) groups is 1. The Labute approximate surface area is 111 Å². The van der Waals surface area contributed by atoms with Gasteiger partial charge in [0.1, 0.15) is 5.69 Å². The minimum Gasteiger partial charge on any atom is -0.347 e. The van der Waals surface area contributed by atoms with Gasteiger partial charge >= 0.3 is 0 Å². The fourth-order valence-corrected chi connectivity index (χ4v) is 1.59. The van der Waals surface area contributed by atoms with E-state index in [-0.39, 0.29) is 11.6 Å². The summed E-state index contributed by atoms with van der Waals surface area (Å²) in [6.45, 7) is 2.47. The molecule has 2 aromatic rings. The first-order valence-corrected chi connectivity index (χ1v) is 5.82. The molecule has 0 fully saturated rings. The number of nitrogens with two attached hydrogens (primary N) is 1. The van der Waals surface area contributed by atoms with Gasteiger partial charge in [0.15, 0.2) is 5.82 Å². The largest absolute Gasteiger partial charge is 0.347 e. The summed E-state index contributed by atoms with van der Waals surface area (Å²) >= 11 is 0. The molecule has 6 nitrogen and oxygen atoms in total. The SMILES string of the molecule is Cc1ccccc1CNC(=O)c1cnc(NN)cn1. The summed E-state index contributed by atoms with van der Waals surface area (Å²) in [6, 6.07) is 7.88. The summed E-state index contributed by atoms with van der Waals surface area (Å²) in [4.78, 5) is 19.8.